The third kappa shape index (κ3) is 28.4. The fourth-order valence-electron chi connectivity index (χ4n) is 5.48. The molecule has 2 atom stereocenters. The van der Waals surface area contributed by atoms with Crippen LogP contribution < -0.4 is 10.6 Å². The molecule has 0 aromatic heterocycles. The largest absolute Gasteiger partial charge is 0.513 e. The highest BCUT2D eigenvalue weighted by atomic mass is 16.4. The summed E-state index contributed by atoms with van der Waals surface area (Å²) < 4.78 is 0. The Kier molecular flexibility index (Phi) is 29.0. The molecule has 0 aliphatic heterocycles. The summed E-state index contributed by atoms with van der Waals surface area (Å²) in [5.74, 6) is -1.19. The Morgan fingerprint density at radius 2 is 1.09 bits per heavy atom. The molecule has 0 heterocycles. The molecule has 0 spiro atoms. The Balaban J connectivity index is 3.69. The molecule has 4 N–H and O–H groups in total. The molecule has 0 aliphatic carbocycles. The van der Waals surface area contributed by atoms with E-state index in [9.17, 15) is 24.3 Å². The molecule has 0 radical (unpaired) electrons. The molecule has 2 unspecified atom stereocenters. The molecule has 44 heavy (non-hydrogen) atoms. The number of allylic oxidation sites excluding steroid dienone is 1. The third-order valence-electron chi connectivity index (χ3n) is 8.36. The predicted octanol–water partition coefficient (Wildman–Crippen LogP) is 8.72. The maximum Gasteiger partial charge on any atom is 0.326 e. The van der Waals surface area contributed by atoms with Crippen molar-refractivity contribution < 1.29 is 29.4 Å². The van der Waals surface area contributed by atoms with Crippen LogP contribution in [0.4, 0.5) is 0 Å². The number of aliphatic hydroxyl groups excluding tert-OH is 1. The molecule has 0 saturated carbocycles. The van der Waals surface area contributed by atoms with Crippen molar-refractivity contribution in [1.29, 1.82) is 0 Å². The lowest BCUT2D eigenvalue weighted by Crippen LogP contribution is -2.41. The number of carboxylic acid groups (broad SMARTS) is 1. The van der Waals surface area contributed by atoms with Crippen LogP contribution in [0, 0.1) is 5.92 Å². The van der Waals surface area contributed by atoms with Gasteiger partial charge < -0.3 is 25.6 Å². The number of nitrogens with one attached hydrogen (secondary N) is 2. The molecule has 8 nitrogen and oxygen atoms in total. The molecule has 0 aliphatic rings. The van der Waals surface area contributed by atoms with Gasteiger partial charge in [0.25, 0.3) is 0 Å². The SMILES string of the molecule is C=C(O)CCCCCCCCCCCCCCCCCCC(=O)NC(CCC(=O)NCCCCC(C=O)CCCC)C(=O)O. The Labute approximate surface area is 268 Å². The first kappa shape index (κ1) is 41.6. The van der Waals surface area contributed by atoms with Crippen LogP contribution in [0.2, 0.25) is 0 Å². The van der Waals surface area contributed by atoms with Crippen LogP contribution in [-0.2, 0) is 19.2 Å². The molecule has 0 aromatic rings. The van der Waals surface area contributed by atoms with Crippen molar-refractivity contribution in [3.63, 3.8) is 0 Å². The first-order valence-corrected chi connectivity index (χ1v) is 17.9. The summed E-state index contributed by atoms with van der Waals surface area (Å²) in [6, 6.07) is -1.05. The minimum atomic E-state index is -1.12. The average Bonchev–Trinajstić information content (AvgIpc) is 2.99. The highest BCUT2D eigenvalue weighted by molar-refractivity contribution is 5.84. The molecule has 0 bridgehead atoms. The van der Waals surface area contributed by atoms with E-state index in [-0.39, 0.29) is 30.6 Å². The zero-order valence-corrected chi connectivity index (χ0v) is 28.1. The second-order valence-corrected chi connectivity index (χ2v) is 12.6. The second kappa shape index (κ2) is 30.6. The first-order chi connectivity index (χ1) is 21.3. The summed E-state index contributed by atoms with van der Waals surface area (Å²) in [6.45, 7) is 6.14. The number of carboxylic acids is 1. The Bertz CT molecular complexity index is 757. The van der Waals surface area contributed by atoms with Gasteiger partial charge in [0.05, 0.1) is 5.76 Å². The van der Waals surface area contributed by atoms with Gasteiger partial charge in [-0.25, -0.2) is 4.79 Å². The lowest BCUT2D eigenvalue weighted by atomic mass is 9.97. The van der Waals surface area contributed by atoms with Gasteiger partial charge in [0.2, 0.25) is 11.8 Å². The number of carbonyl (C=O) groups is 4. The lowest BCUT2D eigenvalue weighted by molar-refractivity contribution is -0.142. The highest BCUT2D eigenvalue weighted by Crippen LogP contribution is 2.15. The summed E-state index contributed by atoms with van der Waals surface area (Å²) in [6.07, 6.45) is 26.9. The van der Waals surface area contributed by atoms with Crippen LogP contribution in [0.1, 0.15) is 174 Å². The van der Waals surface area contributed by atoms with Gasteiger partial charge in [-0.15, -0.1) is 0 Å². The normalized spacial score (nSPS) is 12.4. The molecular weight excluding hydrogens is 556 g/mol. The van der Waals surface area contributed by atoms with Crippen LogP contribution in [0.3, 0.4) is 0 Å². The van der Waals surface area contributed by atoms with Crippen LogP contribution >= 0.6 is 0 Å². The first-order valence-electron chi connectivity index (χ1n) is 17.9. The van der Waals surface area contributed by atoms with Gasteiger partial charge in [-0.2, -0.15) is 0 Å². The summed E-state index contributed by atoms with van der Waals surface area (Å²) in [5.41, 5.74) is 0. The Morgan fingerprint density at radius 1 is 0.614 bits per heavy atom. The van der Waals surface area contributed by atoms with Crippen molar-refractivity contribution in [3.05, 3.63) is 12.3 Å². The fourth-order valence-corrected chi connectivity index (χ4v) is 5.48. The third-order valence-corrected chi connectivity index (χ3v) is 8.36. The summed E-state index contributed by atoms with van der Waals surface area (Å²) in [4.78, 5) is 47.1. The number of hydrogen-bond acceptors (Lipinski definition) is 5. The number of aliphatic carboxylic acids is 1. The average molecular weight is 623 g/mol. The number of carbonyl (C=O) groups excluding carboxylic acids is 3. The summed E-state index contributed by atoms with van der Waals surface area (Å²) in [7, 11) is 0. The van der Waals surface area contributed by atoms with Crippen LogP contribution in [0.25, 0.3) is 0 Å². The van der Waals surface area contributed by atoms with Crippen LogP contribution in [0.15, 0.2) is 12.3 Å². The molecule has 8 heteroatoms. The molecule has 2 amide bonds. The van der Waals surface area contributed by atoms with Gasteiger partial charge in [-0.05, 0) is 38.5 Å². The van der Waals surface area contributed by atoms with E-state index in [1.807, 2.05) is 0 Å². The second-order valence-electron chi connectivity index (χ2n) is 12.6. The highest BCUT2D eigenvalue weighted by Gasteiger charge is 2.20. The number of aldehydes is 1. The number of unbranched alkanes of at least 4 members (excludes halogenated alkanes) is 17. The lowest BCUT2D eigenvalue weighted by Gasteiger charge is -2.14. The molecule has 0 rings (SSSR count). The zero-order valence-electron chi connectivity index (χ0n) is 28.1. The quantitative estimate of drug-likeness (QED) is 0.0329. The standard InChI is InChI=1S/C36H66N2O6/c1-3-4-24-32(30-39)25-21-22-29-37-34(41)28-27-33(36(43)44)38-35(42)26-20-18-16-14-12-10-8-6-5-7-9-11-13-15-17-19-23-31(2)40/h30,32-33,40H,2-29H2,1H3,(H,37,41)(H,38,42)(H,43,44). The Hall–Kier alpha value is -2.38. The van der Waals surface area contributed by atoms with E-state index in [0.29, 0.717) is 18.7 Å². The van der Waals surface area contributed by atoms with Crippen molar-refractivity contribution in [1.82, 2.24) is 10.6 Å². The van der Waals surface area contributed by atoms with E-state index in [2.05, 4.69) is 24.1 Å². The molecular formula is C36H66N2O6. The van der Waals surface area contributed by atoms with Gasteiger partial charge in [-0.3, -0.25) is 9.59 Å². The minimum absolute atomic E-state index is 0.0503. The van der Waals surface area contributed by atoms with Crippen molar-refractivity contribution >= 4 is 24.1 Å². The monoisotopic (exact) mass is 622 g/mol. The topological polar surface area (TPSA) is 133 Å². The summed E-state index contributed by atoms with van der Waals surface area (Å²) >= 11 is 0. The van der Waals surface area contributed by atoms with E-state index in [1.165, 1.54) is 77.0 Å². The number of aliphatic hydroxyl groups is 1. The van der Waals surface area contributed by atoms with Gasteiger partial charge in [-0.1, -0.05) is 123 Å². The maximum absolute atomic E-state index is 12.3. The van der Waals surface area contributed by atoms with Crippen LogP contribution in [0.5, 0.6) is 0 Å². The molecule has 0 saturated heterocycles. The van der Waals surface area contributed by atoms with E-state index in [0.717, 1.165) is 76.9 Å². The fraction of sp³-hybridized carbons (Fsp3) is 0.833. The summed E-state index contributed by atoms with van der Waals surface area (Å²) in [5, 5.41) is 23.9. The van der Waals surface area contributed by atoms with Gasteiger partial charge in [0.15, 0.2) is 0 Å². The smallest absolute Gasteiger partial charge is 0.326 e. The Morgan fingerprint density at radius 3 is 1.55 bits per heavy atom. The molecule has 256 valence electrons. The van der Waals surface area contributed by atoms with E-state index in [1.54, 1.807) is 0 Å². The molecule has 0 aromatic carbocycles. The number of amides is 2. The minimum Gasteiger partial charge on any atom is -0.513 e. The van der Waals surface area contributed by atoms with Gasteiger partial charge in [0.1, 0.15) is 12.3 Å². The van der Waals surface area contributed by atoms with E-state index < -0.39 is 12.0 Å². The maximum atomic E-state index is 12.3. The zero-order chi connectivity index (χ0) is 32.7. The van der Waals surface area contributed by atoms with Crippen molar-refractivity contribution in [2.45, 2.75) is 180 Å². The molecule has 0 fully saturated rings. The number of hydrogen-bond donors (Lipinski definition) is 4. The van der Waals surface area contributed by atoms with Gasteiger partial charge in [0, 0.05) is 31.7 Å². The van der Waals surface area contributed by atoms with Gasteiger partial charge >= 0.3 is 5.97 Å². The van der Waals surface area contributed by atoms with Crippen molar-refractivity contribution in [2.24, 2.45) is 5.92 Å². The van der Waals surface area contributed by atoms with Crippen LogP contribution in [-0.4, -0.2) is 46.9 Å². The van der Waals surface area contributed by atoms with E-state index >= 15 is 0 Å². The predicted molar refractivity (Wildman–Crippen MR) is 180 cm³/mol. The number of rotatable bonds is 33. The van der Waals surface area contributed by atoms with E-state index in [4.69, 9.17) is 5.11 Å². The van der Waals surface area contributed by atoms with Crippen molar-refractivity contribution in [3.8, 4) is 0 Å². The van der Waals surface area contributed by atoms with Crippen molar-refractivity contribution in [2.75, 3.05) is 6.54 Å².